The molecule has 0 rings (SSSR count). The van der Waals surface area contributed by atoms with Gasteiger partial charge in [0.25, 0.3) is 0 Å². The Kier molecular flexibility index (Phi) is 4.50. The zero-order valence-corrected chi connectivity index (χ0v) is 8.68. The van der Waals surface area contributed by atoms with Crippen LogP contribution in [0, 0.1) is 11.3 Å². The molecule has 0 aromatic heterocycles. The van der Waals surface area contributed by atoms with E-state index in [0.29, 0.717) is 17.9 Å². The van der Waals surface area contributed by atoms with Gasteiger partial charge in [0.15, 0.2) is 0 Å². The summed E-state index contributed by atoms with van der Waals surface area (Å²) in [5.41, 5.74) is 1.46. The van der Waals surface area contributed by atoms with E-state index in [4.69, 9.17) is 5.90 Å². The second-order valence-corrected chi connectivity index (χ2v) is 4.64. The fourth-order valence-corrected chi connectivity index (χ4v) is 1.23. The molecule has 0 fully saturated rings. The van der Waals surface area contributed by atoms with E-state index in [2.05, 4.69) is 32.2 Å². The monoisotopic (exact) mass is 171 g/mol. The Balaban J connectivity index is 4.05. The molecule has 0 radical (unpaired) electrons. The summed E-state index contributed by atoms with van der Waals surface area (Å²) >= 11 is 0. The highest BCUT2D eigenvalue weighted by Crippen LogP contribution is 2.27. The standard InChI is InChI=1S/C10H21NO/c1-8(2)9(7-12-11)6-10(3,4)5/h9H,1,6-7,11H2,2-5H3. The average Bonchev–Trinajstić information content (AvgIpc) is 1.83. The highest BCUT2D eigenvalue weighted by Gasteiger charge is 2.19. The summed E-state index contributed by atoms with van der Waals surface area (Å²) in [4.78, 5) is 4.65. The van der Waals surface area contributed by atoms with Gasteiger partial charge in [-0.1, -0.05) is 32.9 Å². The van der Waals surface area contributed by atoms with Gasteiger partial charge < -0.3 is 4.84 Å². The Morgan fingerprint density at radius 3 is 2.25 bits per heavy atom. The van der Waals surface area contributed by atoms with Crippen molar-refractivity contribution in [2.24, 2.45) is 17.2 Å². The lowest BCUT2D eigenvalue weighted by molar-refractivity contribution is 0.0967. The van der Waals surface area contributed by atoms with Crippen molar-refractivity contribution in [3.63, 3.8) is 0 Å². The largest absolute Gasteiger partial charge is 0.304 e. The predicted molar refractivity (Wildman–Crippen MR) is 52.5 cm³/mol. The summed E-state index contributed by atoms with van der Waals surface area (Å²) in [6.07, 6.45) is 1.07. The highest BCUT2D eigenvalue weighted by molar-refractivity contribution is 4.97. The lowest BCUT2D eigenvalue weighted by Crippen LogP contribution is -2.20. The Labute approximate surface area is 75.7 Å². The van der Waals surface area contributed by atoms with E-state index in [1.807, 2.05) is 6.92 Å². The molecule has 72 valence electrons. The third kappa shape index (κ3) is 5.33. The summed E-state index contributed by atoms with van der Waals surface area (Å²) in [6.45, 7) is 13.1. The van der Waals surface area contributed by atoms with Crippen molar-refractivity contribution in [3.05, 3.63) is 12.2 Å². The summed E-state index contributed by atoms with van der Waals surface area (Å²) in [6, 6.07) is 0. The Bertz CT molecular complexity index is 146. The maximum Gasteiger partial charge on any atom is 0.0744 e. The molecule has 0 saturated heterocycles. The van der Waals surface area contributed by atoms with Crippen LogP contribution in [0.1, 0.15) is 34.1 Å². The maximum atomic E-state index is 5.04. The van der Waals surface area contributed by atoms with E-state index in [1.54, 1.807) is 0 Å². The number of hydrogen-bond acceptors (Lipinski definition) is 2. The minimum Gasteiger partial charge on any atom is -0.304 e. The third-order valence-electron chi connectivity index (χ3n) is 1.85. The van der Waals surface area contributed by atoms with Crippen LogP contribution in [-0.4, -0.2) is 6.61 Å². The third-order valence-corrected chi connectivity index (χ3v) is 1.85. The average molecular weight is 171 g/mol. The van der Waals surface area contributed by atoms with Crippen LogP contribution in [0.3, 0.4) is 0 Å². The Morgan fingerprint density at radius 2 is 2.00 bits per heavy atom. The Hall–Kier alpha value is -0.340. The zero-order chi connectivity index (χ0) is 9.78. The molecule has 0 aromatic rings. The molecule has 2 nitrogen and oxygen atoms in total. The van der Waals surface area contributed by atoms with Gasteiger partial charge in [0.1, 0.15) is 0 Å². The molecule has 0 amide bonds. The van der Waals surface area contributed by atoms with E-state index in [9.17, 15) is 0 Å². The molecule has 0 aliphatic rings. The number of hydrogen-bond donors (Lipinski definition) is 1. The lowest BCUT2D eigenvalue weighted by Gasteiger charge is -2.25. The second-order valence-electron chi connectivity index (χ2n) is 4.64. The Morgan fingerprint density at radius 1 is 1.50 bits per heavy atom. The molecule has 0 heterocycles. The minimum absolute atomic E-state index is 0.308. The van der Waals surface area contributed by atoms with Crippen LogP contribution >= 0.6 is 0 Å². The van der Waals surface area contributed by atoms with Crippen LogP contribution in [0.5, 0.6) is 0 Å². The van der Waals surface area contributed by atoms with Crippen LogP contribution in [0.15, 0.2) is 12.2 Å². The number of rotatable bonds is 4. The highest BCUT2D eigenvalue weighted by atomic mass is 16.6. The van der Waals surface area contributed by atoms with Gasteiger partial charge in [-0.05, 0) is 18.8 Å². The fourth-order valence-electron chi connectivity index (χ4n) is 1.23. The fraction of sp³-hybridized carbons (Fsp3) is 0.800. The molecular weight excluding hydrogens is 150 g/mol. The van der Waals surface area contributed by atoms with Gasteiger partial charge >= 0.3 is 0 Å². The van der Waals surface area contributed by atoms with Gasteiger partial charge in [-0.15, -0.1) is 0 Å². The van der Waals surface area contributed by atoms with Crippen LogP contribution in [0.4, 0.5) is 0 Å². The van der Waals surface area contributed by atoms with Gasteiger partial charge in [0.05, 0.1) is 6.61 Å². The molecule has 2 heteroatoms. The SMILES string of the molecule is C=C(C)C(CON)CC(C)(C)C. The molecule has 12 heavy (non-hydrogen) atoms. The van der Waals surface area contributed by atoms with E-state index in [1.165, 1.54) is 0 Å². The molecule has 0 spiro atoms. The molecule has 0 aromatic carbocycles. The normalized spacial score (nSPS) is 14.4. The molecular formula is C10H21NO. The predicted octanol–water partition coefficient (Wildman–Crippen LogP) is 2.51. The summed E-state index contributed by atoms with van der Waals surface area (Å²) in [5, 5.41) is 0. The van der Waals surface area contributed by atoms with Gasteiger partial charge in [0, 0.05) is 5.92 Å². The van der Waals surface area contributed by atoms with Crippen LogP contribution in [-0.2, 0) is 4.84 Å². The lowest BCUT2D eigenvalue weighted by atomic mass is 9.82. The maximum absolute atomic E-state index is 5.04. The van der Waals surface area contributed by atoms with Gasteiger partial charge in [0.2, 0.25) is 0 Å². The zero-order valence-electron chi connectivity index (χ0n) is 8.68. The van der Waals surface area contributed by atoms with E-state index < -0.39 is 0 Å². The second kappa shape index (κ2) is 4.63. The van der Waals surface area contributed by atoms with Crippen molar-refractivity contribution >= 4 is 0 Å². The molecule has 0 saturated carbocycles. The molecule has 1 unspecified atom stereocenters. The quantitative estimate of drug-likeness (QED) is 0.521. The molecule has 0 bridgehead atoms. The molecule has 1 atom stereocenters. The van der Waals surface area contributed by atoms with E-state index in [-0.39, 0.29) is 0 Å². The van der Waals surface area contributed by atoms with Crippen molar-refractivity contribution < 1.29 is 4.84 Å². The first-order valence-corrected chi connectivity index (χ1v) is 4.34. The first-order chi connectivity index (χ1) is 5.37. The smallest absolute Gasteiger partial charge is 0.0744 e. The first kappa shape index (κ1) is 11.7. The number of nitrogens with two attached hydrogens (primary N) is 1. The van der Waals surface area contributed by atoms with Crippen molar-refractivity contribution in [2.75, 3.05) is 6.61 Å². The van der Waals surface area contributed by atoms with E-state index >= 15 is 0 Å². The van der Waals surface area contributed by atoms with Crippen LogP contribution in [0.2, 0.25) is 0 Å². The molecule has 0 aliphatic heterocycles. The summed E-state index contributed by atoms with van der Waals surface area (Å²) in [7, 11) is 0. The summed E-state index contributed by atoms with van der Waals surface area (Å²) in [5.74, 6) is 5.43. The van der Waals surface area contributed by atoms with Gasteiger partial charge in [-0.2, -0.15) is 0 Å². The van der Waals surface area contributed by atoms with Crippen LogP contribution < -0.4 is 5.90 Å². The molecule has 0 aliphatic carbocycles. The van der Waals surface area contributed by atoms with Crippen molar-refractivity contribution in [2.45, 2.75) is 34.1 Å². The van der Waals surface area contributed by atoms with Crippen molar-refractivity contribution in [1.82, 2.24) is 0 Å². The van der Waals surface area contributed by atoms with Crippen LogP contribution in [0.25, 0.3) is 0 Å². The molecule has 2 N–H and O–H groups in total. The van der Waals surface area contributed by atoms with Gasteiger partial charge in [-0.3, -0.25) is 0 Å². The van der Waals surface area contributed by atoms with Crippen molar-refractivity contribution in [1.29, 1.82) is 0 Å². The van der Waals surface area contributed by atoms with Crippen molar-refractivity contribution in [3.8, 4) is 0 Å². The topological polar surface area (TPSA) is 35.2 Å². The van der Waals surface area contributed by atoms with Gasteiger partial charge in [-0.25, -0.2) is 5.90 Å². The van der Waals surface area contributed by atoms with E-state index in [0.717, 1.165) is 12.0 Å². The summed E-state index contributed by atoms with van der Waals surface area (Å²) < 4.78 is 0. The minimum atomic E-state index is 0.308. The first-order valence-electron chi connectivity index (χ1n) is 4.34.